The van der Waals surface area contributed by atoms with Crippen molar-refractivity contribution in [3.8, 4) is 0 Å². The molecule has 0 radical (unpaired) electrons. The quantitative estimate of drug-likeness (QED) is 0.663. The molecule has 0 aliphatic carbocycles. The van der Waals surface area contributed by atoms with Crippen LogP contribution in [0.15, 0.2) is 24.3 Å². The van der Waals surface area contributed by atoms with Gasteiger partial charge in [0.2, 0.25) is 0 Å². The molecule has 0 aromatic heterocycles. The molecule has 0 spiro atoms. The van der Waals surface area contributed by atoms with E-state index in [1.165, 1.54) is 11.3 Å². The van der Waals surface area contributed by atoms with Gasteiger partial charge in [-0.3, -0.25) is 4.90 Å². The number of rotatable bonds is 0. The van der Waals surface area contributed by atoms with E-state index >= 15 is 0 Å². The minimum Gasteiger partial charge on any atom is -0.392 e. The number of para-hydroxylation sites is 1. The van der Waals surface area contributed by atoms with Crippen LogP contribution in [0.2, 0.25) is 0 Å². The summed E-state index contributed by atoms with van der Waals surface area (Å²) in [5.74, 6) is 0. The third-order valence-corrected chi connectivity index (χ3v) is 3.42. The van der Waals surface area contributed by atoms with Gasteiger partial charge in [0.25, 0.3) is 0 Å². The number of hydrogen-bond donors (Lipinski definition) is 2. The second kappa shape index (κ2) is 3.51. The van der Waals surface area contributed by atoms with Crippen molar-refractivity contribution in [2.75, 3.05) is 18.4 Å². The minimum atomic E-state index is -0.137. The largest absolute Gasteiger partial charge is 0.392 e. The number of aliphatic hydroxyl groups excluding tert-OH is 1. The van der Waals surface area contributed by atoms with E-state index in [9.17, 15) is 5.11 Å². The predicted molar refractivity (Wildman–Crippen MR) is 59.8 cm³/mol. The fraction of sp³-hybridized carbons (Fsp3) is 0.500. The summed E-state index contributed by atoms with van der Waals surface area (Å²) in [7, 11) is 0. The van der Waals surface area contributed by atoms with E-state index in [2.05, 4.69) is 34.5 Å². The maximum absolute atomic E-state index is 9.63. The first kappa shape index (κ1) is 9.19. The number of nitrogens with zero attached hydrogens (tertiary/aromatic N) is 1. The number of hydrogen-bond acceptors (Lipinski definition) is 3. The summed E-state index contributed by atoms with van der Waals surface area (Å²) in [5.41, 5.74) is 2.59. The maximum Gasteiger partial charge on any atom is 0.0683 e. The molecule has 1 unspecified atom stereocenters. The average Bonchev–Trinajstić information content (AvgIpc) is 2.49. The zero-order valence-electron chi connectivity index (χ0n) is 8.69. The number of nitrogens with one attached hydrogen (secondary N) is 1. The Bertz CT molecular complexity index is 366. The number of aliphatic hydroxyl groups is 1. The standard InChI is InChI=1S/C12H16N2O/c15-11-5-10-6-13-12-4-2-1-3-9(12)7-14(10)8-11/h1-4,10-11,13,15H,5-8H2/t10?,11-/m1/s1. The Kier molecular flexibility index (Phi) is 2.15. The highest BCUT2D eigenvalue weighted by Crippen LogP contribution is 2.27. The first-order valence-electron chi connectivity index (χ1n) is 5.57. The van der Waals surface area contributed by atoms with Crippen LogP contribution in [0, 0.1) is 0 Å². The fourth-order valence-electron chi connectivity index (χ4n) is 2.64. The predicted octanol–water partition coefficient (Wildman–Crippen LogP) is 1.05. The van der Waals surface area contributed by atoms with Crippen molar-refractivity contribution >= 4 is 5.69 Å². The lowest BCUT2D eigenvalue weighted by Gasteiger charge is -2.20. The Balaban J connectivity index is 1.89. The van der Waals surface area contributed by atoms with Crippen LogP contribution >= 0.6 is 0 Å². The highest BCUT2D eigenvalue weighted by Gasteiger charge is 2.32. The van der Waals surface area contributed by atoms with Crippen molar-refractivity contribution in [1.82, 2.24) is 4.90 Å². The van der Waals surface area contributed by atoms with Gasteiger partial charge in [0, 0.05) is 31.4 Å². The smallest absolute Gasteiger partial charge is 0.0683 e. The molecule has 3 rings (SSSR count). The number of anilines is 1. The summed E-state index contributed by atoms with van der Waals surface area (Å²) < 4.78 is 0. The average molecular weight is 204 g/mol. The third kappa shape index (κ3) is 1.62. The highest BCUT2D eigenvalue weighted by atomic mass is 16.3. The monoisotopic (exact) mass is 204 g/mol. The Morgan fingerprint density at radius 1 is 1.33 bits per heavy atom. The summed E-state index contributed by atoms with van der Waals surface area (Å²) in [6.07, 6.45) is 0.767. The minimum absolute atomic E-state index is 0.137. The molecule has 1 saturated heterocycles. The van der Waals surface area contributed by atoms with Crippen LogP contribution in [-0.4, -0.2) is 35.2 Å². The number of benzene rings is 1. The van der Waals surface area contributed by atoms with Crippen LogP contribution in [0.3, 0.4) is 0 Å². The van der Waals surface area contributed by atoms with Crippen molar-refractivity contribution in [3.05, 3.63) is 29.8 Å². The van der Waals surface area contributed by atoms with Crippen LogP contribution in [0.5, 0.6) is 0 Å². The SMILES string of the molecule is O[C@@H]1CC2CNc3ccccc3CN2C1. The molecule has 2 heterocycles. The lowest BCUT2D eigenvalue weighted by atomic mass is 10.2. The van der Waals surface area contributed by atoms with Crippen LogP contribution in [0.25, 0.3) is 0 Å². The molecule has 2 N–H and O–H groups in total. The van der Waals surface area contributed by atoms with Gasteiger partial charge in [-0.25, -0.2) is 0 Å². The van der Waals surface area contributed by atoms with Gasteiger partial charge in [-0.15, -0.1) is 0 Å². The van der Waals surface area contributed by atoms with E-state index < -0.39 is 0 Å². The zero-order valence-corrected chi connectivity index (χ0v) is 8.69. The van der Waals surface area contributed by atoms with Crippen molar-refractivity contribution in [2.45, 2.75) is 25.1 Å². The second-order valence-electron chi connectivity index (χ2n) is 4.51. The van der Waals surface area contributed by atoms with E-state index in [4.69, 9.17) is 0 Å². The normalized spacial score (nSPS) is 30.2. The molecule has 3 nitrogen and oxygen atoms in total. The molecule has 1 fully saturated rings. The van der Waals surface area contributed by atoms with Crippen molar-refractivity contribution in [1.29, 1.82) is 0 Å². The van der Waals surface area contributed by atoms with Crippen LogP contribution in [-0.2, 0) is 6.54 Å². The summed E-state index contributed by atoms with van der Waals surface area (Å²) in [4.78, 5) is 2.38. The first-order valence-corrected chi connectivity index (χ1v) is 5.57. The molecule has 1 aromatic carbocycles. The first-order chi connectivity index (χ1) is 7.33. The molecule has 1 aromatic rings. The van der Waals surface area contributed by atoms with E-state index in [1.54, 1.807) is 0 Å². The molecule has 2 aliphatic heterocycles. The molecule has 0 saturated carbocycles. The molecular weight excluding hydrogens is 188 g/mol. The Morgan fingerprint density at radius 2 is 2.20 bits per heavy atom. The van der Waals surface area contributed by atoms with E-state index in [1.807, 2.05) is 0 Å². The molecular formula is C12H16N2O. The Morgan fingerprint density at radius 3 is 3.13 bits per heavy atom. The van der Waals surface area contributed by atoms with Gasteiger partial charge in [-0.2, -0.15) is 0 Å². The van der Waals surface area contributed by atoms with Crippen molar-refractivity contribution in [3.63, 3.8) is 0 Å². The fourth-order valence-corrected chi connectivity index (χ4v) is 2.64. The second-order valence-corrected chi connectivity index (χ2v) is 4.51. The molecule has 15 heavy (non-hydrogen) atoms. The molecule has 0 bridgehead atoms. The van der Waals surface area contributed by atoms with Gasteiger partial charge in [-0.05, 0) is 18.1 Å². The molecule has 0 amide bonds. The maximum atomic E-state index is 9.63. The van der Waals surface area contributed by atoms with Gasteiger partial charge in [0.05, 0.1) is 6.10 Å². The van der Waals surface area contributed by atoms with Gasteiger partial charge in [-0.1, -0.05) is 18.2 Å². The lowest BCUT2D eigenvalue weighted by Crippen LogP contribution is -2.31. The Hall–Kier alpha value is -1.06. The van der Waals surface area contributed by atoms with Crippen LogP contribution in [0.4, 0.5) is 5.69 Å². The molecule has 3 heteroatoms. The summed E-state index contributed by atoms with van der Waals surface area (Å²) >= 11 is 0. The van der Waals surface area contributed by atoms with Gasteiger partial charge < -0.3 is 10.4 Å². The zero-order chi connectivity index (χ0) is 10.3. The van der Waals surface area contributed by atoms with E-state index in [0.29, 0.717) is 6.04 Å². The van der Waals surface area contributed by atoms with Gasteiger partial charge in [0.1, 0.15) is 0 Å². The molecule has 2 aliphatic rings. The van der Waals surface area contributed by atoms with Crippen LogP contribution < -0.4 is 5.32 Å². The summed E-state index contributed by atoms with van der Waals surface area (Å²) in [6.45, 7) is 2.74. The van der Waals surface area contributed by atoms with Gasteiger partial charge >= 0.3 is 0 Å². The van der Waals surface area contributed by atoms with Crippen LogP contribution in [0.1, 0.15) is 12.0 Å². The van der Waals surface area contributed by atoms with E-state index in [-0.39, 0.29) is 6.10 Å². The highest BCUT2D eigenvalue weighted by molar-refractivity contribution is 5.52. The van der Waals surface area contributed by atoms with E-state index in [0.717, 1.165) is 26.1 Å². The van der Waals surface area contributed by atoms with Gasteiger partial charge in [0.15, 0.2) is 0 Å². The molecule has 2 atom stereocenters. The third-order valence-electron chi connectivity index (χ3n) is 3.42. The topological polar surface area (TPSA) is 35.5 Å². The Labute approximate surface area is 89.7 Å². The number of fused-ring (bicyclic) bond motifs is 2. The molecule has 80 valence electrons. The summed E-state index contributed by atoms with van der Waals surface area (Å²) in [6, 6.07) is 8.93. The van der Waals surface area contributed by atoms with Crippen molar-refractivity contribution < 1.29 is 5.11 Å². The lowest BCUT2D eigenvalue weighted by molar-refractivity contribution is 0.173. The van der Waals surface area contributed by atoms with Crippen molar-refractivity contribution in [2.24, 2.45) is 0 Å². The summed E-state index contributed by atoms with van der Waals surface area (Å²) in [5, 5.41) is 13.1.